The van der Waals surface area contributed by atoms with Gasteiger partial charge in [-0.15, -0.1) is 0 Å². The van der Waals surface area contributed by atoms with E-state index >= 15 is 0 Å². The summed E-state index contributed by atoms with van der Waals surface area (Å²) in [5, 5.41) is 12.5. The van der Waals surface area contributed by atoms with Crippen molar-refractivity contribution in [2.45, 2.75) is 31.4 Å². The van der Waals surface area contributed by atoms with Crippen LogP contribution < -0.4 is 0 Å². The third-order valence-corrected chi connectivity index (χ3v) is 2.60. The smallest absolute Gasteiger partial charge is 0.309 e. The molecule has 0 heterocycles. The highest BCUT2D eigenvalue weighted by atomic mass is 16.5. The Morgan fingerprint density at radius 3 is 2.86 bits per heavy atom. The zero-order valence-corrected chi connectivity index (χ0v) is 7.96. The molecule has 1 aliphatic carbocycles. The van der Waals surface area contributed by atoms with Gasteiger partial charge < -0.3 is 9.84 Å². The molecule has 0 aromatic rings. The summed E-state index contributed by atoms with van der Waals surface area (Å²) < 4.78 is 5.08. The fraction of sp³-hybridized carbons (Fsp3) is 0.875. The first kappa shape index (κ1) is 10.8. The largest absolute Gasteiger partial charge is 0.481 e. The van der Waals surface area contributed by atoms with Crippen molar-refractivity contribution < 1.29 is 14.6 Å². The molecular formula is C8H13N3O3. The zero-order chi connectivity index (χ0) is 10.6. The molecule has 6 heteroatoms. The summed E-state index contributed by atoms with van der Waals surface area (Å²) in [4.78, 5) is 13.5. The van der Waals surface area contributed by atoms with Crippen LogP contribution in [0.2, 0.25) is 0 Å². The monoisotopic (exact) mass is 199 g/mol. The molecule has 1 rings (SSSR count). The van der Waals surface area contributed by atoms with Crippen LogP contribution in [0.3, 0.4) is 0 Å². The molecule has 0 saturated heterocycles. The summed E-state index contributed by atoms with van der Waals surface area (Å²) >= 11 is 0. The molecule has 6 nitrogen and oxygen atoms in total. The van der Waals surface area contributed by atoms with Crippen molar-refractivity contribution in [1.82, 2.24) is 0 Å². The van der Waals surface area contributed by atoms with E-state index in [2.05, 4.69) is 10.0 Å². The van der Waals surface area contributed by atoms with Crippen LogP contribution in [0.1, 0.15) is 19.3 Å². The highest BCUT2D eigenvalue weighted by Crippen LogP contribution is 2.28. The number of rotatable bonds is 3. The minimum atomic E-state index is -0.837. The standard InChI is InChI=1S/C8H13N3O3/c1-14-7-4-5(10-11-9)2-3-6(7)8(12)13/h5-7H,2-4H2,1H3,(H,12,13)/t5-,6-,7+/m0/s1. The number of methoxy groups -OCH3 is 1. The number of carboxylic acids is 1. The lowest BCUT2D eigenvalue weighted by molar-refractivity contribution is -0.148. The minimum Gasteiger partial charge on any atom is -0.481 e. The Morgan fingerprint density at radius 2 is 2.36 bits per heavy atom. The maximum Gasteiger partial charge on any atom is 0.309 e. The number of azide groups is 1. The molecule has 0 amide bonds. The van der Waals surface area contributed by atoms with Gasteiger partial charge in [-0.2, -0.15) is 0 Å². The van der Waals surface area contributed by atoms with E-state index in [1.165, 1.54) is 7.11 Å². The fourth-order valence-corrected chi connectivity index (χ4v) is 1.83. The summed E-state index contributed by atoms with van der Waals surface area (Å²) in [6, 6.07) is -0.124. The van der Waals surface area contributed by atoms with Crippen LogP contribution >= 0.6 is 0 Å². The van der Waals surface area contributed by atoms with Gasteiger partial charge in [0.05, 0.1) is 12.0 Å². The number of ether oxygens (including phenoxy) is 1. The maximum atomic E-state index is 10.8. The molecule has 0 radical (unpaired) electrons. The van der Waals surface area contributed by atoms with E-state index < -0.39 is 11.9 Å². The molecule has 0 spiro atoms. The first-order valence-corrected chi connectivity index (χ1v) is 4.48. The van der Waals surface area contributed by atoms with Crippen molar-refractivity contribution >= 4 is 5.97 Å². The SMILES string of the molecule is CO[C@@H]1C[C@@H](N=[N+]=[N-])CC[C@@H]1C(=O)O. The Morgan fingerprint density at radius 1 is 1.64 bits per heavy atom. The second-order valence-electron chi connectivity index (χ2n) is 3.39. The molecule has 3 atom stereocenters. The van der Waals surface area contributed by atoms with Crippen molar-refractivity contribution in [3.8, 4) is 0 Å². The van der Waals surface area contributed by atoms with E-state index in [1.807, 2.05) is 0 Å². The number of nitrogens with zero attached hydrogens (tertiary/aromatic N) is 3. The van der Waals surface area contributed by atoms with Gasteiger partial charge in [0.2, 0.25) is 0 Å². The molecule has 1 aliphatic rings. The molecule has 0 aromatic carbocycles. The van der Waals surface area contributed by atoms with E-state index in [0.29, 0.717) is 19.3 Å². The van der Waals surface area contributed by atoms with Crippen molar-refractivity contribution in [2.24, 2.45) is 11.0 Å². The van der Waals surface area contributed by atoms with Gasteiger partial charge in [-0.05, 0) is 24.8 Å². The number of carbonyl (C=O) groups is 1. The van der Waals surface area contributed by atoms with E-state index in [9.17, 15) is 4.79 Å². The summed E-state index contributed by atoms with van der Waals surface area (Å²) in [6.45, 7) is 0. The molecule has 0 unspecified atom stereocenters. The summed E-state index contributed by atoms with van der Waals surface area (Å²) in [6.07, 6.45) is 1.30. The molecule has 14 heavy (non-hydrogen) atoms. The zero-order valence-electron chi connectivity index (χ0n) is 7.96. The number of aliphatic carboxylic acids is 1. The molecule has 0 aromatic heterocycles. The van der Waals surface area contributed by atoms with E-state index in [4.69, 9.17) is 15.4 Å². The molecule has 1 saturated carbocycles. The predicted molar refractivity (Wildman–Crippen MR) is 48.7 cm³/mol. The second kappa shape index (κ2) is 4.83. The summed E-state index contributed by atoms with van der Waals surface area (Å²) in [7, 11) is 1.49. The van der Waals surface area contributed by atoms with Gasteiger partial charge in [-0.3, -0.25) is 4.79 Å². The maximum absolute atomic E-state index is 10.8. The van der Waals surface area contributed by atoms with E-state index in [0.717, 1.165) is 0 Å². The second-order valence-corrected chi connectivity index (χ2v) is 3.39. The first-order valence-electron chi connectivity index (χ1n) is 4.48. The van der Waals surface area contributed by atoms with Gasteiger partial charge >= 0.3 is 5.97 Å². The van der Waals surface area contributed by atoms with Crippen molar-refractivity contribution in [3.63, 3.8) is 0 Å². The summed E-state index contributed by atoms with van der Waals surface area (Å²) in [5.41, 5.74) is 8.25. The van der Waals surface area contributed by atoms with Crippen LogP contribution in [0.4, 0.5) is 0 Å². The molecule has 78 valence electrons. The summed E-state index contributed by atoms with van der Waals surface area (Å²) in [5.74, 6) is -1.30. The van der Waals surface area contributed by atoms with Crippen molar-refractivity contribution in [1.29, 1.82) is 0 Å². The van der Waals surface area contributed by atoms with Crippen LogP contribution in [-0.4, -0.2) is 30.3 Å². The van der Waals surface area contributed by atoms with Gasteiger partial charge in [-0.25, -0.2) is 0 Å². The number of hydrogen-bond donors (Lipinski definition) is 1. The van der Waals surface area contributed by atoms with Crippen LogP contribution in [0, 0.1) is 5.92 Å². The van der Waals surface area contributed by atoms with Gasteiger partial charge in [-0.1, -0.05) is 5.11 Å². The Kier molecular flexibility index (Phi) is 3.73. The lowest BCUT2D eigenvalue weighted by Crippen LogP contribution is -2.37. The van der Waals surface area contributed by atoms with E-state index in [-0.39, 0.29) is 12.1 Å². The fourth-order valence-electron chi connectivity index (χ4n) is 1.83. The van der Waals surface area contributed by atoms with Crippen LogP contribution in [0.5, 0.6) is 0 Å². The Bertz CT molecular complexity index is 263. The highest BCUT2D eigenvalue weighted by Gasteiger charge is 2.34. The lowest BCUT2D eigenvalue weighted by atomic mass is 9.84. The van der Waals surface area contributed by atoms with Crippen molar-refractivity contribution in [3.05, 3.63) is 10.4 Å². The molecule has 1 N–H and O–H groups in total. The molecule has 0 bridgehead atoms. The quantitative estimate of drug-likeness (QED) is 0.424. The van der Waals surface area contributed by atoms with Gasteiger partial charge in [0, 0.05) is 18.1 Å². The van der Waals surface area contributed by atoms with Crippen LogP contribution in [-0.2, 0) is 9.53 Å². The molecule has 1 fully saturated rings. The minimum absolute atomic E-state index is 0.124. The molecular weight excluding hydrogens is 186 g/mol. The van der Waals surface area contributed by atoms with Crippen LogP contribution in [0.15, 0.2) is 5.11 Å². The topological polar surface area (TPSA) is 95.3 Å². The van der Waals surface area contributed by atoms with Gasteiger partial charge in [0.15, 0.2) is 0 Å². The van der Waals surface area contributed by atoms with Gasteiger partial charge in [0.1, 0.15) is 0 Å². The Hall–Kier alpha value is -1.26. The lowest BCUT2D eigenvalue weighted by Gasteiger charge is -2.30. The average Bonchev–Trinajstić information content (AvgIpc) is 2.17. The van der Waals surface area contributed by atoms with E-state index in [1.54, 1.807) is 0 Å². The predicted octanol–water partition coefficient (Wildman–Crippen LogP) is 1.56. The third kappa shape index (κ3) is 2.37. The van der Waals surface area contributed by atoms with Gasteiger partial charge in [0.25, 0.3) is 0 Å². The van der Waals surface area contributed by atoms with Crippen molar-refractivity contribution in [2.75, 3.05) is 7.11 Å². The number of hydrogen-bond acceptors (Lipinski definition) is 3. The molecule has 0 aliphatic heterocycles. The first-order chi connectivity index (χ1) is 6.69. The average molecular weight is 199 g/mol. The van der Waals surface area contributed by atoms with Crippen LogP contribution in [0.25, 0.3) is 10.4 Å². The third-order valence-electron chi connectivity index (χ3n) is 2.60. The Labute approximate surface area is 81.5 Å². The normalized spacial score (nSPS) is 31.9. The highest BCUT2D eigenvalue weighted by molar-refractivity contribution is 5.70. The Balaban J connectivity index is 2.63. The number of carboxylic acid groups (broad SMARTS) is 1.